The summed E-state index contributed by atoms with van der Waals surface area (Å²) < 4.78 is 0. The molecule has 2 nitrogen and oxygen atoms in total. The molecule has 1 amide bonds. The van der Waals surface area contributed by atoms with Crippen LogP contribution < -0.4 is 5.32 Å². The molecule has 2 aromatic rings. The van der Waals surface area contributed by atoms with Crippen molar-refractivity contribution in [3.63, 3.8) is 0 Å². The van der Waals surface area contributed by atoms with Crippen molar-refractivity contribution in [2.75, 3.05) is 5.32 Å². The molecule has 0 spiro atoms. The molecule has 2 rings (SSSR count). The first-order chi connectivity index (χ1) is 9.08. The minimum atomic E-state index is -0.114. The fourth-order valence-corrected chi connectivity index (χ4v) is 2.21. The largest absolute Gasteiger partial charge is 0.322 e. The predicted molar refractivity (Wildman–Crippen MR) is 79.9 cm³/mol. The van der Waals surface area contributed by atoms with Crippen LogP contribution in [0.4, 0.5) is 5.69 Å². The molecule has 0 aromatic heterocycles. The highest BCUT2D eigenvalue weighted by atomic mass is 35.5. The third kappa shape index (κ3) is 3.58. The molecule has 0 heterocycles. The summed E-state index contributed by atoms with van der Waals surface area (Å²) in [5.74, 6) is 0.293. The van der Waals surface area contributed by atoms with Crippen LogP contribution in [0.15, 0.2) is 42.5 Å². The predicted octanol–water partition coefficient (Wildman–Crippen LogP) is 4.29. The average Bonchev–Trinajstić information content (AvgIpc) is 2.37. The van der Waals surface area contributed by atoms with Gasteiger partial charge in [0.05, 0.1) is 0 Å². The van der Waals surface area contributed by atoms with E-state index in [2.05, 4.69) is 11.4 Å². The molecule has 0 fully saturated rings. The van der Waals surface area contributed by atoms with Crippen molar-refractivity contribution in [2.45, 2.75) is 19.7 Å². The van der Waals surface area contributed by atoms with E-state index in [9.17, 15) is 4.79 Å². The van der Waals surface area contributed by atoms with E-state index in [-0.39, 0.29) is 5.91 Å². The first kappa shape index (κ1) is 13.6. The van der Waals surface area contributed by atoms with Crippen LogP contribution in [0.25, 0.3) is 0 Å². The zero-order chi connectivity index (χ0) is 13.8. The number of benzene rings is 2. The number of aryl methyl sites for hydroxylation is 2. The number of nitrogens with one attached hydrogen (secondary N) is 1. The smallest absolute Gasteiger partial charge is 0.255 e. The van der Waals surface area contributed by atoms with E-state index in [0.29, 0.717) is 11.4 Å². The van der Waals surface area contributed by atoms with Gasteiger partial charge in [-0.1, -0.05) is 18.2 Å². The van der Waals surface area contributed by atoms with Gasteiger partial charge in [0.1, 0.15) is 0 Å². The lowest BCUT2D eigenvalue weighted by Crippen LogP contribution is -2.12. The van der Waals surface area contributed by atoms with Gasteiger partial charge in [0, 0.05) is 17.1 Å². The maximum atomic E-state index is 12.2. The van der Waals surface area contributed by atoms with Crippen LogP contribution in [0.1, 0.15) is 27.0 Å². The Labute approximate surface area is 118 Å². The Bertz CT molecular complexity index is 587. The van der Waals surface area contributed by atoms with Crippen LogP contribution in [0.5, 0.6) is 0 Å². The highest BCUT2D eigenvalue weighted by molar-refractivity contribution is 6.17. The second-order valence-electron chi connectivity index (χ2n) is 4.66. The lowest BCUT2D eigenvalue weighted by atomic mass is 10.1. The summed E-state index contributed by atoms with van der Waals surface area (Å²) >= 11 is 5.77. The number of anilines is 1. The van der Waals surface area contributed by atoms with Crippen molar-refractivity contribution in [2.24, 2.45) is 0 Å². The summed E-state index contributed by atoms with van der Waals surface area (Å²) in [5.41, 5.74) is 4.64. The molecule has 0 aliphatic heterocycles. The number of rotatable bonds is 3. The maximum absolute atomic E-state index is 12.2. The Kier molecular flexibility index (Phi) is 4.23. The van der Waals surface area contributed by atoms with Gasteiger partial charge in [-0.25, -0.2) is 0 Å². The summed E-state index contributed by atoms with van der Waals surface area (Å²) in [7, 11) is 0. The van der Waals surface area contributed by atoms with E-state index >= 15 is 0 Å². The zero-order valence-electron chi connectivity index (χ0n) is 11.0. The monoisotopic (exact) mass is 273 g/mol. The first-order valence-electron chi connectivity index (χ1n) is 6.13. The molecule has 98 valence electrons. The van der Waals surface area contributed by atoms with Gasteiger partial charge in [-0.2, -0.15) is 0 Å². The molecule has 0 aliphatic rings. The molecular weight excluding hydrogens is 258 g/mol. The maximum Gasteiger partial charge on any atom is 0.255 e. The molecule has 0 atom stereocenters. The second kappa shape index (κ2) is 5.89. The Hall–Kier alpha value is -1.80. The third-order valence-corrected chi connectivity index (χ3v) is 3.13. The van der Waals surface area contributed by atoms with Crippen LogP contribution in [-0.4, -0.2) is 5.91 Å². The number of carbonyl (C=O) groups is 1. The van der Waals surface area contributed by atoms with E-state index in [0.717, 1.165) is 22.4 Å². The van der Waals surface area contributed by atoms with Crippen molar-refractivity contribution in [3.05, 3.63) is 64.7 Å². The molecule has 3 heteroatoms. The third-order valence-electron chi connectivity index (χ3n) is 2.82. The summed E-state index contributed by atoms with van der Waals surface area (Å²) in [6, 6.07) is 13.3. The lowest BCUT2D eigenvalue weighted by Gasteiger charge is -2.08. The van der Waals surface area contributed by atoms with Crippen molar-refractivity contribution >= 4 is 23.2 Å². The number of amides is 1. The average molecular weight is 274 g/mol. The molecule has 0 saturated carbocycles. The molecule has 19 heavy (non-hydrogen) atoms. The fourth-order valence-electron chi connectivity index (χ4n) is 2.05. The minimum Gasteiger partial charge on any atom is -0.322 e. The van der Waals surface area contributed by atoms with E-state index in [1.807, 2.05) is 44.2 Å². The van der Waals surface area contributed by atoms with Crippen molar-refractivity contribution < 1.29 is 4.79 Å². The Morgan fingerprint density at radius 1 is 1.11 bits per heavy atom. The molecule has 0 radical (unpaired) electrons. The summed E-state index contributed by atoms with van der Waals surface area (Å²) in [5, 5.41) is 2.91. The molecule has 1 N–H and O–H groups in total. The van der Waals surface area contributed by atoms with Gasteiger partial charge < -0.3 is 5.32 Å². The second-order valence-corrected chi connectivity index (χ2v) is 4.93. The first-order valence-corrected chi connectivity index (χ1v) is 6.66. The molecule has 0 saturated heterocycles. The van der Waals surface area contributed by atoms with Gasteiger partial charge in [0.25, 0.3) is 5.91 Å². The molecule has 2 aromatic carbocycles. The van der Waals surface area contributed by atoms with Gasteiger partial charge in [-0.05, 0) is 54.8 Å². The van der Waals surface area contributed by atoms with Crippen molar-refractivity contribution in [1.82, 2.24) is 0 Å². The molecule has 0 bridgehead atoms. The SMILES string of the molecule is Cc1cc(C)cc(NC(=O)c2cccc(CCl)c2)c1. The Morgan fingerprint density at radius 3 is 2.42 bits per heavy atom. The van der Waals surface area contributed by atoms with Crippen LogP contribution in [-0.2, 0) is 5.88 Å². The summed E-state index contributed by atoms with van der Waals surface area (Å²) in [4.78, 5) is 12.2. The summed E-state index contributed by atoms with van der Waals surface area (Å²) in [6.45, 7) is 4.02. The van der Waals surface area contributed by atoms with Crippen LogP contribution in [0, 0.1) is 13.8 Å². The van der Waals surface area contributed by atoms with E-state index < -0.39 is 0 Å². The number of hydrogen-bond donors (Lipinski definition) is 1. The Balaban J connectivity index is 2.20. The molecular formula is C16H16ClNO. The number of carbonyl (C=O) groups excluding carboxylic acids is 1. The normalized spacial score (nSPS) is 10.3. The fraction of sp³-hybridized carbons (Fsp3) is 0.188. The van der Waals surface area contributed by atoms with E-state index in [1.54, 1.807) is 6.07 Å². The Morgan fingerprint density at radius 2 is 1.79 bits per heavy atom. The topological polar surface area (TPSA) is 29.1 Å². The molecule has 0 unspecified atom stereocenters. The van der Waals surface area contributed by atoms with E-state index in [1.165, 1.54) is 0 Å². The van der Waals surface area contributed by atoms with E-state index in [4.69, 9.17) is 11.6 Å². The van der Waals surface area contributed by atoms with Gasteiger partial charge in [0.15, 0.2) is 0 Å². The lowest BCUT2D eigenvalue weighted by molar-refractivity contribution is 0.102. The quantitative estimate of drug-likeness (QED) is 0.830. The zero-order valence-corrected chi connectivity index (χ0v) is 11.8. The number of alkyl halides is 1. The van der Waals surface area contributed by atoms with Gasteiger partial charge >= 0.3 is 0 Å². The van der Waals surface area contributed by atoms with Gasteiger partial charge in [-0.15, -0.1) is 11.6 Å². The highest BCUT2D eigenvalue weighted by Crippen LogP contribution is 2.15. The van der Waals surface area contributed by atoms with Crippen LogP contribution >= 0.6 is 11.6 Å². The summed E-state index contributed by atoms with van der Waals surface area (Å²) in [6.07, 6.45) is 0. The van der Waals surface area contributed by atoms with Crippen molar-refractivity contribution in [1.29, 1.82) is 0 Å². The number of hydrogen-bond acceptors (Lipinski definition) is 1. The minimum absolute atomic E-state index is 0.114. The highest BCUT2D eigenvalue weighted by Gasteiger charge is 2.07. The van der Waals surface area contributed by atoms with Crippen molar-refractivity contribution in [3.8, 4) is 0 Å². The standard InChI is InChI=1S/C16H16ClNO/c1-11-6-12(2)8-15(7-11)18-16(19)14-5-3-4-13(9-14)10-17/h3-9H,10H2,1-2H3,(H,18,19). The van der Waals surface area contributed by atoms with Crippen LogP contribution in [0.2, 0.25) is 0 Å². The molecule has 0 aliphatic carbocycles. The van der Waals surface area contributed by atoms with Crippen LogP contribution in [0.3, 0.4) is 0 Å². The number of halogens is 1. The van der Waals surface area contributed by atoms with Gasteiger partial charge in [0.2, 0.25) is 0 Å². The van der Waals surface area contributed by atoms with Gasteiger partial charge in [-0.3, -0.25) is 4.79 Å².